The van der Waals surface area contributed by atoms with Crippen molar-refractivity contribution in [3.8, 4) is 0 Å². The Morgan fingerprint density at radius 2 is 1.31 bits per heavy atom. The topological polar surface area (TPSA) is 0 Å². The third kappa shape index (κ3) is 4.35. The summed E-state index contributed by atoms with van der Waals surface area (Å²) in [5.41, 5.74) is 5.54. The second-order valence-electron chi connectivity index (χ2n) is 3.67. The first-order chi connectivity index (χ1) is 6.27. The van der Waals surface area contributed by atoms with Crippen LogP contribution in [0.3, 0.4) is 0 Å². The van der Waals surface area contributed by atoms with Crippen LogP contribution in [0.4, 0.5) is 0 Å². The third-order valence-corrected chi connectivity index (χ3v) is 2.75. The molecule has 0 bridgehead atoms. The van der Waals surface area contributed by atoms with E-state index in [4.69, 9.17) is 0 Å². The van der Waals surface area contributed by atoms with Gasteiger partial charge in [-0.05, 0) is 0 Å². The van der Waals surface area contributed by atoms with E-state index in [1.807, 2.05) is 0 Å². The zero-order valence-corrected chi connectivity index (χ0v) is 14.6. The second kappa shape index (κ2) is 8.49. The minimum Gasteiger partial charge on any atom is -1.00 e. The molecule has 84 valence electrons. The molecule has 0 amide bonds. The predicted molar refractivity (Wildman–Crippen MR) is 54.9 cm³/mol. The summed E-state index contributed by atoms with van der Waals surface area (Å²) in [6.45, 7) is 4.34. The van der Waals surface area contributed by atoms with Crippen molar-refractivity contribution in [2.24, 2.45) is 0 Å². The minimum absolute atomic E-state index is 0. The van der Waals surface area contributed by atoms with Crippen molar-refractivity contribution in [3.05, 3.63) is 46.6 Å². The number of halogens is 2. The van der Waals surface area contributed by atoms with E-state index in [2.05, 4.69) is 38.2 Å². The SMILES string of the molecule is CC1=CC[C-]=C1CC1=[C-]CC=C1C.[Cl-].[Cl-].[Hf+4]. The normalized spacial score (nSPS) is 17.1. The Morgan fingerprint density at radius 1 is 0.938 bits per heavy atom. The molecular formula is C13H14Cl2Hf. The Morgan fingerprint density at radius 3 is 1.56 bits per heavy atom. The fourth-order valence-electron chi connectivity index (χ4n) is 1.76. The van der Waals surface area contributed by atoms with Crippen molar-refractivity contribution < 1.29 is 50.7 Å². The van der Waals surface area contributed by atoms with Crippen molar-refractivity contribution in [2.75, 3.05) is 0 Å². The molecule has 0 unspecified atom stereocenters. The largest absolute Gasteiger partial charge is 4.00 e. The monoisotopic (exact) mass is 420 g/mol. The summed E-state index contributed by atoms with van der Waals surface area (Å²) < 4.78 is 0. The predicted octanol–water partition coefficient (Wildman–Crippen LogP) is -2.46. The minimum atomic E-state index is 0. The molecule has 0 heterocycles. The quantitative estimate of drug-likeness (QED) is 0.344. The van der Waals surface area contributed by atoms with Gasteiger partial charge in [0.15, 0.2) is 0 Å². The molecule has 0 saturated carbocycles. The second-order valence-corrected chi connectivity index (χ2v) is 3.67. The molecule has 2 rings (SSSR count). The Hall–Kier alpha value is 0.410. The summed E-state index contributed by atoms with van der Waals surface area (Å²) in [6, 6.07) is 0. The van der Waals surface area contributed by atoms with Gasteiger partial charge in [0.25, 0.3) is 0 Å². The van der Waals surface area contributed by atoms with Crippen molar-refractivity contribution in [1.29, 1.82) is 0 Å². The smallest absolute Gasteiger partial charge is 1.00 e. The van der Waals surface area contributed by atoms with E-state index in [9.17, 15) is 0 Å². The van der Waals surface area contributed by atoms with E-state index < -0.39 is 0 Å². The Labute approximate surface area is 130 Å². The zero-order chi connectivity index (χ0) is 9.26. The van der Waals surface area contributed by atoms with Gasteiger partial charge in [0, 0.05) is 0 Å². The summed E-state index contributed by atoms with van der Waals surface area (Å²) in [6.07, 6.45) is 14.3. The molecule has 0 aliphatic heterocycles. The van der Waals surface area contributed by atoms with Gasteiger partial charge in [0.2, 0.25) is 0 Å². The van der Waals surface area contributed by atoms with Gasteiger partial charge < -0.3 is 24.8 Å². The van der Waals surface area contributed by atoms with Gasteiger partial charge in [-0.1, -0.05) is 6.42 Å². The Balaban J connectivity index is 0. The van der Waals surface area contributed by atoms with Crippen LogP contribution in [0.2, 0.25) is 0 Å². The van der Waals surface area contributed by atoms with E-state index >= 15 is 0 Å². The fraction of sp³-hybridized carbons (Fsp3) is 0.385. The number of hydrogen-bond donors (Lipinski definition) is 0. The molecule has 0 spiro atoms. The molecule has 16 heavy (non-hydrogen) atoms. The molecule has 0 atom stereocenters. The van der Waals surface area contributed by atoms with Crippen molar-refractivity contribution in [2.45, 2.75) is 33.1 Å². The number of rotatable bonds is 2. The van der Waals surface area contributed by atoms with Crippen molar-refractivity contribution in [1.82, 2.24) is 0 Å². The van der Waals surface area contributed by atoms with E-state index in [-0.39, 0.29) is 50.7 Å². The number of hydrogen-bond acceptors (Lipinski definition) is 0. The molecule has 0 aromatic rings. The van der Waals surface area contributed by atoms with Crippen LogP contribution in [0.25, 0.3) is 0 Å². The van der Waals surface area contributed by atoms with Gasteiger partial charge >= 0.3 is 25.8 Å². The van der Waals surface area contributed by atoms with Crippen LogP contribution < -0.4 is 24.8 Å². The molecule has 2 aliphatic rings. The molecule has 3 heteroatoms. The third-order valence-electron chi connectivity index (χ3n) is 2.75. The molecule has 0 aromatic carbocycles. The van der Waals surface area contributed by atoms with Gasteiger partial charge in [-0.15, -0.1) is 26.7 Å². The van der Waals surface area contributed by atoms with Crippen LogP contribution in [-0.2, 0) is 25.8 Å². The molecule has 0 fully saturated rings. The fourth-order valence-corrected chi connectivity index (χ4v) is 1.76. The molecular weight excluding hydrogens is 406 g/mol. The summed E-state index contributed by atoms with van der Waals surface area (Å²) >= 11 is 0. The Bertz CT molecular complexity index is 315. The van der Waals surface area contributed by atoms with E-state index in [0.717, 1.165) is 19.3 Å². The van der Waals surface area contributed by atoms with Crippen LogP contribution in [0.15, 0.2) is 34.4 Å². The first kappa shape index (κ1) is 18.8. The molecule has 0 aromatic heterocycles. The van der Waals surface area contributed by atoms with Crippen LogP contribution in [-0.4, -0.2) is 0 Å². The van der Waals surface area contributed by atoms with Crippen LogP contribution in [0.1, 0.15) is 33.1 Å². The van der Waals surface area contributed by atoms with Crippen LogP contribution >= 0.6 is 0 Å². The average Bonchev–Trinajstić information content (AvgIpc) is 2.65. The average molecular weight is 420 g/mol. The van der Waals surface area contributed by atoms with Crippen molar-refractivity contribution >= 4 is 0 Å². The van der Waals surface area contributed by atoms with E-state index in [0.29, 0.717) is 0 Å². The molecule has 0 saturated heterocycles. The summed E-state index contributed by atoms with van der Waals surface area (Å²) in [5.74, 6) is 0. The van der Waals surface area contributed by atoms with Gasteiger partial charge in [-0.3, -0.25) is 12.2 Å². The molecule has 0 radical (unpaired) electrons. The van der Waals surface area contributed by atoms with Gasteiger partial charge in [-0.25, -0.2) is 22.3 Å². The first-order valence-corrected chi connectivity index (χ1v) is 4.81. The summed E-state index contributed by atoms with van der Waals surface area (Å²) in [7, 11) is 0. The molecule has 0 nitrogen and oxygen atoms in total. The van der Waals surface area contributed by atoms with Gasteiger partial charge in [-0.2, -0.15) is 12.2 Å². The van der Waals surface area contributed by atoms with E-state index in [1.165, 1.54) is 22.3 Å². The first-order valence-electron chi connectivity index (χ1n) is 4.81. The van der Waals surface area contributed by atoms with Gasteiger partial charge in [0.05, 0.1) is 0 Å². The maximum Gasteiger partial charge on any atom is 4.00 e. The molecule has 0 N–H and O–H groups in total. The summed E-state index contributed by atoms with van der Waals surface area (Å²) in [5, 5.41) is 0. The Kier molecular flexibility index (Phi) is 9.96. The zero-order valence-electron chi connectivity index (χ0n) is 9.53. The van der Waals surface area contributed by atoms with Crippen LogP contribution in [0.5, 0.6) is 0 Å². The van der Waals surface area contributed by atoms with Crippen molar-refractivity contribution in [3.63, 3.8) is 0 Å². The maximum atomic E-state index is 3.39. The summed E-state index contributed by atoms with van der Waals surface area (Å²) in [4.78, 5) is 0. The van der Waals surface area contributed by atoms with Crippen LogP contribution in [0, 0.1) is 12.2 Å². The maximum absolute atomic E-state index is 3.39. The van der Waals surface area contributed by atoms with E-state index in [1.54, 1.807) is 0 Å². The number of allylic oxidation sites excluding steroid dienone is 8. The van der Waals surface area contributed by atoms with Gasteiger partial charge in [0.1, 0.15) is 0 Å². The molecule has 2 aliphatic carbocycles. The standard InChI is InChI=1S/C13H14.2ClH.Hf/c1-10-5-3-7-12(10)9-13-8-4-6-11(13)2;;;/h5-6H,3-4,9H2,1-2H3;2*1H;/q-2;;;+4/p-2.